The molecule has 1 aromatic carbocycles. The Morgan fingerprint density at radius 1 is 1.61 bits per heavy atom. The second-order valence-corrected chi connectivity index (χ2v) is 3.34. The summed E-state index contributed by atoms with van der Waals surface area (Å²) in [7, 11) is 0. The molecule has 0 atom stereocenters. The van der Waals surface area contributed by atoms with E-state index in [1.54, 1.807) is 13.0 Å². The van der Waals surface area contributed by atoms with Crippen molar-refractivity contribution in [3.8, 4) is 11.8 Å². The van der Waals surface area contributed by atoms with Crippen LogP contribution in [0, 0.1) is 21.4 Å². The van der Waals surface area contributed by atoms with Gasteiger partial charge in [-0.05, 0) is 13.0 Å². The van der Waals surface area contributed by atoms with Gasteiger partial charge in [-0.1, -0.05) is 0 Å². The molecule has 0 radical (unpaired) electrons. The van der Waals surface area contributed by atoms with Gasteiger partial charge in [-0.2, -0.15) is 5.26 Å². The Morgan fingerprint density at radius 3 is 2.78 bits per heavy atom. The third-order valence-electron chi connectivity index (χ3n) is 2.15. The topological polar surface area (TPSA) is 113 Å². The molecule has 1 rings (SSSR count). The van der Waals surface area contributed by atoms with Gasteiger partial charge in [0.1, 0.15) is 5.75 Å². The van der Waals surface area contributed by atoms with E-state index >= 15 is 0 Å². The van der Waals surface area contributed by atoms with Crippen LogP contribution < -0.4 is 0 Å². The van der Waals surface area contributed by atoms with Crippen LogP contribution in [0.25, 0.3) is 0 Å². The van der Waals surface area contributed by atoms with Gasteiger partial charge >= 0.3 is 5.97 Å². The number of carbonyl (C=O) groups excluding carboxylic acids is 1. The average Bonchev–Trinajstić information content (AvgIpc) is 2.30. The first kappa shape index (κ1) is 13.4. The number of aromatic hydroxyl groups is 1. The lowest BCUT2D eigenvalue weighted by Crippen LogP contribution is -2.10. The molecule has 0 spiro atoms. The lowest BCUT2D eigenvalue weighted by atomic mass is 10.0. The predicted octanol–water partition coefficient (Wildman–Crippen LogP) is 1.28. The number of nitro benzene ring substituents is 1. The second-order valence-electron chi connectivity index (χ2n) is 3.34. The molecular formula is C11H10N2O5. The van der Waals surface area contributed by atoms with Crippen LogP contribution >= 0.6 is 0 Å². The van der Waals surface area contributed by atoms with Gasteiger partial charge < -0.3 is 9.84 Å². The number of phenols is 1. The van der Waals surface area contributed by atoms with Crippen LogP contribution in [-0.4, -0.2) is 22.6 Å². The molecule has 7 nitrogen and oxygen atoms in total. The molecule has 1 N–H and O–H groups in total. The summed E-state index contributed by atoms with van der Waals surface area (Å²) in [4.78, 5) is 21.4. The summed E-state index contributed by atoms with van der Waals surface area (Å²) in [6.07, 6.45) is -0.382. The number of nitrogens with zero attached hydrogens (tertiary/aromatic N) is 2. The average molecular weight is 250 g/mol. The minimum Gasteiger partial charge on any atom is -0.508 e. The van der Waals surface area contributed by atoms with Crippen molar-refractivity contribution in [2.24, 2.45) is 0 Å². The molecule has 0 aliphatic rings. The molecule has 18 heavy (non-hydrogen) atoms. The van der Waals surface area contributed by atoms with Crippen LogP contribution in [0.5, 0.6) is 5.75 Å². The number of hydrogen-bond acceptors (Lipinski definition) is 6. The van der Waals surface area contributed by atoms with Gasteiger partial charge in [-0.3, -0.25) is 14.9 Å². The van der Waals surface area contributed by atoms with Gasteiger partial charge in [-0.25, -0.2) is 0 Å². The van der Waals surface area contributed by atoms with Crippen LogP contribution in [-0.2, 0) is 16.0 Å². The molecule has 7 heteroatoms. The molecule has 94 valence electrons. The SMILES string of the molecule is CCOC(=O)Cc1c(C#N)cc(O)cc1[N+](=O)[O-]. The van der Waals surface area contributed by atoms with Crippen molar-refractivity contribution in [3.05, 3.63) is 33.4 Å². The zero-order valence-corrected chi connectivity index (χ0v) is 9.54. The fourth-order valence-electron chi connectivity index (χ4n) is 1.45. The number of carbonyl (C=O) groups is 1. The maximum absolute atomic E-state index is 11.3. The highest BCUT2D eigenvalue weighted by Crippen LogP contribution is 2.28. The molecule has 1 aromatic rings. The Bertz CT molecular complexity index is 533. The van der Waals surface area contributed by atoms with E-state index in [-0.39, 0.29) is 24.2 Å². The van der Waals surface area contributed by atoms with Crippen LogP contribution in [0.15, 0.2) is 12.1 Å². The molecule has 0 aromatic heterocycles. The van der Waals surface area contributed by atoms with Crippen molar-refractivity contribution in [2.45, 2.75) is 13.3 Å². The van der Waals surface area contributed by atoms with Gasteiger partial charge in [0.15, 0.2) is 0 Å². The first-order valence-electron chi connectivity index (χ1n) is 5.05. The predicted molar refractivity (Wildman–Crippen MR) is 59.8 cm³/mol. The highest BCUT2D eigenvalue weighted by atomic mass is 16.6. The molecule has 0 aliphatic heterocycles. The number of ether oxygens (including phenoxy) is 1. The number of rotatable bonds is 4. The third kappa shape index (κ3) is 2.95. The molecule has 0 unspecified atom stereocenters. The number of hydrogen-bond donors (Lipinski definition) is 1. The smallest absolute Gasteiger partial charge is 0.310 e. The zero-order chi connectivity index (χ0) is 13.7. The Kier molecular flexibility index (Phi) is 4.21. The van der Waals surface area contributed by atoms with E-state index in [4.69, 9.17) is 5.26 Å². The first-order chi connectivity index (χ1) is 8.49. The number of nitro groups is 1. The molecule has 0 heterocycles. The Morgan fingerprint density at radius 2 is 2.28 bits per heavy atom. The second kappa shape index (κ2) is 5.63. The van der Waals surface area contributed by atoms with Gasteiger partial charge in [0, 0.05) is 0 Å². The summed E-state index contributed by atoms with van der Waals surface area (Å²) in [6.45, 7) is 1.75. The maximum Gasteiger partial charge on any atom is 0.310 e. The summed E-state index contributed by atoms with van der Waals surface area (Å²) >= 11 is 0. The molecule has 0 saturated carbocycles. The Labute approximate surface area is 102 Å². The minimum atomic E-state index is -0.755. The van der Waals surface area contributed by atoms with Crippen molar-refractivity contribution in [1.29, 1.82) is 5.26 Å². The maximum atomic E-state index is 11.3. The molecular weight excluding hydrogens is 240 g/mol. The van der Waals surface area contributed by atoms with Crippen molar-refractivity contribution >= 4 is 11.7 Å². The van der Waals surface area contributed by atoms with E-state index in [1.165, 1.54) is 0 Å². The van der Waals surface area contributed by atoms with Crippen LogP contribution in [0.4, 0.5) is 5.69 Å². The van der Waals surface area contributed by atoms with E-state index in [0.717, 1.165) is 12.1 Å². The zero-order valence-electron chi connectivity index (χ0n) is 9.54. The lowest BCUT2D eigenvalue weighted by molar-refractivity contribution is -0.385. The quantitative estimate of drug-likeness (QED) is 0.489. The number of esters is 1. The largest absolute Gasteiger partial charge is 0.508 e. The lowest BCUT2D eigenvalue weighted by Gasteiger charge is -2.06. The van der Waals surface area contributed by atoms with Gasteiger partial charge in [-0.15, -0.1) is 0 Å². The molecule has 0 fully saturated rings. The normalized spacial score (nSPS) is 9.56. The van der Waals surface area contributed by atoms with E-state index in [2.05, 4.69) is 4.74 Å². The fourth-order valence-corrected chi connectivity index (χ4v) is 1.45. The number of phenolic OH excluding ortho intramolecular Hbond substituents is 1. The van der Waals surface area contributed by atoms with Crippen molar-refractivity contribution in [1.82, 2.24) is 0 Å². The van der Waals surface area contributed by atoms with Crippen LogP contribution in [0.1, 0.15) is 18.1 Å². The molecule has 0 aliphatic carbocycles. The summed E-state index contributed by atoms with van der Waals surface area (Å²) < 4.78 is 4.68. The Balaban J connectivity index is 3.26. The van der Waals surface area contributed by atoms with Crippen molar-refractivity contribution in [3.63, 3.8) is 0 Å². The Hall–Kier alpha value is -2.62. The van der Waals surface area contributed by atoms with Crippen molar-refractivity contribution in [2.75, 3.05) is 6.61 Å². The fraction of sp³-hybridized carbons (Fsp3) is 0.273. The third-order valence-corrected chi connectivity index (χ3v) is 2.15. The van der Waals surface area contributed by atoms with Gasteiger partial charge in [0.05, 0.1) is 41.2 Å². The summed E-state index contributed by atoms with van der Waals surface area (Å²) in [6, 6.07) is 3.68. The van der Waals surface area contributed by atoms with Crippen LogP contribution in [0.3, 0.4) is 0 Å². The first-order valence-corrected chi connectivity index (χ1v) is 5.05. The van der Waals surface area contributed by atoms with E-state index in [1.807, 2.05) is 0 Å². The monoisotopic (exact) mass is 250 g/mol. The summed E-state index contributed by atoms with van der Waals surface area (Å²) in [5.74, 6) is -1.06. The summed E-state index contributed by atoms with van der Waals surface area (Å²) in [5.41, 5.74) is -0.645. The van der Waals surface area contributed by atoms with E-state index < -0.39 is 22.3 Å². The van der Waals surface area contributed by atoms with Crippen molar-refractivity contribution < 1.29 is 19.6 Å². The standard InChI is InChI=1S/C11H10N2O5/c1-2-18-11(15)5-9-7(6-12)3-8(14)4-10(9)13(16)17/h3-4,14H,2,5H2,1H3. The highest BCUT2D eigenvalue weighted by molar-refractivity contribution is 5.76. The summed E-state index contributed by atoms with van der Waals surface area (Å²) in [5, 5.41) is 28.9. The number of nitriles is 1. The van der Waals surface area contributed by atoms with Gasteiger partial charge in [0.25, 0.3) is 5.69 Å². The molecule has 0 saturated heterocycles. The van der Waals surface area contributed by atoms with Gasteiger partial charge in [0.2, 0.25) is 0 Å². The molecule has 0 amide bonds. The highest BCUT2D eigenvalue weighted by Gasteiger charge is 2.22. The minimum absolute atomic E-state index is 0.0567. The number of benzene rings is 1. The van der Waals surface area contributed by atoms with E-state index in [0.29, 0.717) is 0 Å². The van der Waals surface area contributed by atoms with E-state index in [9.17, 15) is 20.0 Å². The molecule has 0 bridgehead atoms. The van der Waals surface area contributed by atoms with Crippen LogP contribution in [0.2, 0.25) is 0 Å².